The molecule has 0 spiro atoms. The Bertz CT molecular complexity index is 1370. The maximum atomic E-state index is 13.2. The molecule has 0 aliphatic rings. The van der Waals surface area contributed by atoms with Gasteiger partial charge in [0.15, 0.2) is 5.82 Å². The van der Waals surface area contributed by atoms with Gasteiger partial charge in [-0.3, -0.25) is 4.79 Å². The summed E-state index contributed by atoms with van der Waals surface area (Å²) in [5.74, 6) is -0.374. The van der Waals surface area contributed by atoms with E-state index in [1.165, 1.54) is 37.2 Å². The molecule has 0 fully saturated rings. The van der Waals surface area contributed by atoms with Gasteiger partial charge in [-0.25, -0.2) is 24.7 Å². The monoisotopic (exact) mass is 479 g/mol. The van der Waals surface area contributed by atoms with Crippen LogP contribution in [0.2, 0.25) is 0 Å². The van der Waals surface area contributed by atoms with Crippen molar-refractivity contribution >= 4 is 11.8 Å². The largest absolute Gasteiger partial charge is 0.416 e. The van der Waals surface area contributed by atoms with Gasteiger partial charge in [-0.15, -0.1) is 5.10 Å². The van der Waals surface area contributed by atoms with Crippen LogP contribution in [0.3, 0.4) is 0 Å². The van der Waals surface area contributed by atoms with E-state index in [-0.39, 0.29) is 11.9 Å². The highest BCUT2D eigenvalue weighted by atomic mass is 19.4. The molecule has 1 aromatic carbocycles. The molecule has 8 nitrogen and oxygen atoms in total. The van der Waals surface area contributed by atoms with Crippen molar-refractivity contribution in [1.29, 1.82) is 0 Å². The molecule has 0 aliphatic carbocycles. The van der Waals surface area contributed by atoms with Crippen molar-refractivity contribution < 1.29 is 26.3 Å². The minimum Gasteiger partial charge on any atom is -0.268 e. The molecule has 3 aromatic heterocycles. The van der Waals surface area contributed by atoms with E-state index >= 15 is 0 Å². The van der Waals surface area contributed by atoms with Crippen LogP contribution in [0, 0.1) is 0 Å². The molecular weight excluding hydrogens is 468 g/mol. The van der Waals surface area contributed by atoms with Crippen molar-refractivity contribution in [1.82, 2.24) is 34.9 Å². The van der Waals surface area contributed by atoms with E-state index in [1.807, 2.05) is 0 Å². The van der Waals surface area contributed by atoms with E-state index in [0.717, 1.165) is 11.0 Å². The smallest absolute Gasteiger partial charge is 0.268 e. The van der Waals surface area contributed by atoms with Gasteiger partial charge in [0.1, 0.15) is 12.7 Å². The molecule has 0 bridgehead atoms. The number of nitrogens with one attached hydrogen (secondary N) is 1. The Morgan fingerprint density at radius 3 is 2.12 bits per heavy atom. The Hall–Kier alpha value is -4.36. The topological polar surface area (TPSA) is 102 Å². The molecule has 174 valence electrons. The Balaban J connectivity index is 1.81. The van der Waals surface area contributed by atoms with Gasteiger partial charge >= 0.3 is 12.4 Å². The minimum absolute atomic E-state index is 0.0217. The van der Waals surface area contributed by atoms with Crippen LogP contribution in [0.25, 0.3) is 23.2 Å². The molecule has 0 aliphatic heterocycles. The Labute approximate surface area is 185 Å². The van der Waals surface area contributed by atoms with E-state index in [9.17, 15) is 31.1 Å². The second-order valence-corrected chi connectivity index (χ2v) is 6.85. The lowest BCUT2D eigenvalue weighted by molar-refractivity contribution is -0.143. The molecule has 34 heavy (non-hydrogen) atoms. The maximum Gasteiger partial charge on any atom is 0.416 e. The highest BCUT2D eigenvalue weighted by Crippen LogP contribution is 2.38. The van der Waals surface area contributed by atoms with Crippen LogP contribution >= 0.6 is 0 Å². The van der Waals surface area contributed by atoms with E-state index in [2.05, 4.69) is 30.2 Å². The molecule has 4 aromatic rings. The number of rotatable bonds is 4. The van der Waals surface area contributed by atoms with Crippen molar-refractivity contribution in [2.75, 3.05) is 0 Å². The lowest BCUT2D eigenvalue weighted by Crippen LogP contribution is -2.11. The maximum absolute atomic E-state index is 13.2. The van der Waals surface area contributed by atoms with Gasteiger partial charge in [-0.1, -0.05) is 0 Å². The van der Waals surface area contributed by atoms with Gasteiger partial charge in [-0.05, 0) is 18.2 Å². The van der Waals surface area contributed by atoms with Crippen LogP contribution in [0.15, 0.2) is 60.3 Å². The fraction of sp³-hybridized carbons (Fsp3) is 0.100. The standard InChI is InChI=1S/C20H11F6N7O/c21-19(22,23)14-1-11(2-15(4-14)20(24,25)26)18-29-10-33(32-18)8-16(13-5-27-9-28-6-13)12-3-17(34)31-30-7-12/h1-10H,(H,31,34)/b16-8-. The fourth-order valence-electron chi connectivity index (χ4n) is 2.96. The Morgan fingerprint density at radius 1 is 0.882 bits per heavy atom. The Morgan fingerprint density at radius 2 is 1.53 bits per heavy atom. The van der Waals surface area contributed by atoms with Gasteiger partial charge in [0, 0.05) is 46.9 Å². The van der Waals surface area contributed by atoms with Crippen LogP contribution < -0.4 is 5.56 Å². The van der Waals surface area contributed by atoms with Gasteiger partial charge < -0.3 is 0 Å². The predicted octanol–water partition coefficient (Wildman–Crippen LogP) is 3.90. The number of nitrogens with zero attached hydrogens (tertiary/aromatic N) is 6. The lowest BCUT2D eigenvalue weighted by atomic mass is 10.0. The highest BCUT2D eigenvalue weighted by Gasteiger charge is 2.37. The number of hydrogen-bond acceptors (Lipinski definition) is 6. The van der Waals surface area contributed by atoms with Crippen LogP contribution in [0.4, 0.5) is 26.3 Å². The third kappa shape index (κ3) is 5.00. The number of benzene rings is 1. The van der Waals surface area contributed by atoms with Crippen LogP contribution in [0.1, 0.15) is 22.3 Å². The van der Waals surface area contributed by atoms with Crippen LogP contribution in [-0.2, 0) is 12.4 Å². The van der Waals surface area contributed by atoms with Crippen molar-refractivity contribution in [3.05, 3.63) is 88.1 Å². The second kappa shape index (κ2) is 8.53. The summed E-state index contributed by atoms with van der Waals surface area (Å²) in [6.07, 6.45) is -2.10. The summed E-state index contributed by atoms with van der Waals surface area (Å²) in [6, 6.07) is 2.32. The summed E-state index contributed by atoms with van der Waals surface area (Å²) in [4.78, 5) is 23.3. The first-order valence-corrected chi connectivity index (χ1v) is 9.24. The number of alkyl halides is 6. The summed E-state index contributed by atoms with van der Waals surface area (Å²) in [7, 11) is 0. The molecule has 0 radical (unpaired) electrons. The molecule has 0 saturated carbocycles. The van der Waals surface area contributed by atoms with Crippen LogP contribution in [-0.4, -0.2) is 34.9 Å². The predicted molar refractivity (Wildman–Crippen MR) is 106 cm³/mol. The average Bonchev–Trinajstić information content (AvgIpc) is 3.25. The minimum atomic E-state index is -5.01. The Kier molecular flexibility index (Phi) is 5.73. The van der Waals surface area contributed by atoms with Gasteiger partial charge in [0.05, 0.1) is 17.3 Å². The average molecular weight is 479 g/mol. The molecule has 0 amide bonds. The molecule has 14 heteroatoms. The molecular formula is C20H11F6N7O. The van der Waals surface area contributed by atoms with E-state index in [0.29, 0.717) is 28.8 Å². The van der Waals surface area contributed by atoms with Gasteiger partial charge in [0.25, 0.3) is 5.56 Å². The number of aromatic amines is 1. The van der Waals surface area contributed by atoms with Crippen molar-refractivity contribution in [3.8, 4) is 11.4 Å². The zero-order chi connectivity index (χ0) is 24.5. The third-order valence-electron chi connectivity index (χ3n) is 4.46. The van der Waals surface area contributed by atoms with Gasteiger partial charge in [-0.2, -0.15) is 31.4 Å². The first-order valence-electron chi connectivity index (χ1n) is 9.24. The molecule has 0 atom stereocenters. The molecule has 0 saturated heterocycles. The van der Waals surface area contributed by atoms with Gasteiger partial charge in [0.2, 0.25) is 0 Å². The molecule has 4 rings (SSSR count). The van der Waals surface area contributed by atoms with E-state index < -0.39 is 34.6 Å². The van der Waals surface area contributed by atoms with Crippen molar-refractivity contribution in [3.63, 3.8) is 0 Å². The van der Waals surface area contributed by atoms with Crippen molar-refractivity contribution in [2.45, 2.75) is 12.4 Å². The SMILES string of the molecule is O=c1cc(/C(=C/n2cnc(-c3cc(C(F)(F)F)cc(C(F)(F)F)c3)n2)c2cncnc2)cn[nH]1. The number of aromatic nitrogens is 7. The van der Waals surface area contributed by atoms with E-state index in [4.69, 9.17) is 0 Å². The zero-order valence-electron chi connectivity index (χ0n) is 16.6. The first-order chi connectivity index (χ1) is 16.0. The quantitative estimate of drug-likeness (QED) is 0.446. The summed E-state index contributed by atoms with van der Waals surface area (Å²) >= 11 is 0. The van der Waals surface area contributed by atoms with E-state index in [1.54, 1.807) is 0 Å². The number of halogens is 6. The lowest BCUT2D eigenvalue weighted by Gasteiger charge is -2.13. The summed E-state index contributed by atoms with van der Waals surface area (Å²) in [5.41, 5.74) is -2.85. The second-order valence-electron chi connectivity index (χ2n) is 6.85. The number of H-pyrrole nitrogens is 1. The zero-order valence-corrected chi connectivity index (χ0v) is 16.6. The first kappa shape index (κ1) is 22.8. The highest BCUT2D eigenvalue weighted by molar-refractivity contribution is 5.86. The summed E-state index contributed by atoms with van der Waals surface area (Å²) in [6.45, 7) is 0. The molecule has 3 heterocycles. The summed E-state index contributed by atoms with van der Waals surface area (Å²) < 4.78 is 80.1. The van der Waals surface area contributed by atoms with Crippen LogP contribution in [0.5, 0.6) is 0 Å². The normalized spacial score (nSPS) is 12.7. The molecule has 1 N–H and O–H groups in total. The fourth-order valence-corrected chi connectivity index (χ4v) is 2.96. The van der Waals surface area contributed by atoms with Crippen molar-refractivity contribution in [2.24, 2.45) is 0 Å². The third-order valence-corrected chi connectivity index (χ3v) is 4.46. The number of hydrogen-bond donors (Lipinski definition) is 1. The molecule has 0 unspecified atom stereocenters. The summed E-state index contributed by atoms with van der Waals surface area (Å²) in [5, 5.41) is 9.92.